The van der Waals surface area contributed by atoms with Crippen molar-refractivity contribution >= 4 is 24.1 Å². The molecule has 0 saturated heterocycles. The summed E-state index contributed by atoms with van der Waals surface area (Å²) in [6.07, 6.45) is 15.2. The van der Waals surface area contributed by atoms with Gasteiger partial charge in [-0.05, 0) is 101 Å². The van der Waals surface area contributed by atoms with E-state index in [9.17, 15) is 19.2 Å². The van der Waals surface area contributed by atoms with Crippen LogP contribution in [0.2, 0.25) is 0 Å². The Kier molecular flexibility index (Phi) is 15.2. The van der Waals surface area contributed by atoms with Crippen molar-refractivity contribution < 1.29 is 38.1 Å². The maximum atomic E-state index is 12.5. The molecule has 2 N–H and O–H groups in total. The van der Waals surface area contributed by atoms with E-state index in [4.69, 9.17) is 18.9 Å². The van der Waals surface area contributed by atoms with Crippen LogP contribution in [0, 0.1) is 23.7 Å². The third-order valence-electron chi connectivity index (χ3n) is 9.52. The van der Waals surface area contributed by atoms with E-state index >= 15 is 0 Å². The Hall–Kier alpha value is -2.78. The first-order valence-corrected chi connectivity index (χ1v) is 16.6. The third-order valence-corrected chi connectivity index (χ3v) is 9.52. The molecular weight excluding hydrogens is 552 g/mol. The zero-order valence-corrected chi connectivity index (χ0v) is 26.3. The Morgan fingerprint density at radius 2 is 1.23 bits per heavy atom. The molecule has 10 nitrogen and oxygen atoms in total. The molecule has 3 aliphatic rings. The second-order valence-electron chi connectivity index (χ2n) is 12.9. The van der Waals surface area contributed by atoms with Gasteiger partial charge in [-0.1, -0.05) is 32.8 Å². The number of carbonyl (C=O) groups is 4. The summed E-state index contributed by atoms with van der Waals surface area (Å²) in [6.45, 7) is 7.42. The molecular formula is C33H54N2O8. The highest BCUT2D eigenvalue weighted by Gasteiger charge is 2.29. The number of amides is 2. The van der Waals surface area contributed by atoms with E-state index in [-0.39, 0.29) is 37.9 Å². The molecule has 0 aromatic carbocycles. The largest absolute Gasteiger partial charge is 0.462 e. The topological polar surface area (TPSA) is 129 Å². The predicted octanol–water partition coefficient (Wildman–Crippen LogP) is 6.21. The molecule has 0 aromatic rings. The minimum absolute atomic E-state index is 0.0165. The lowest BCUT2D eigenvalue weighted by molar-refractivity contribution is -0.147. The number of hydrogen-bond donors (Lipinski definition) is 2. The van der Waals surface area contributed by atoms with Gasteiger partial charge in [0.25, 0.3) is 0 Å². The monoisotopic (exact) mass is 606 g/mol. The van der Waals surface area contributed by atoms with Crippen LogP contribution in [0.1, 0.15) is 110 Å². The van der Waals surface area contributed by atoms with Crippen molar-refractivity contribution in [3.63, 3.8) is 0 Å². The standard InChI is InChI=1S/C33H54N2O8/c1-4-24-10-14-29(15-11-24)35-33(39)43-23(3)22-42-31(37)21-27-8-6-25(7-9-27)20-26-12-16-28(17-13-26)34-32(38)41-19-18-40-30(36)5-2/h5,23-29H,2,4,6-22H2,1,3H3,(H,34,38)(H,35,39). The molecule has 0 aromatic heterocycles. The molecule has 3 saturated carbocycles. The molecule has 10 heteroatoms. The summed E-state index contributed by atoms with van der Waals surface area (Å²) in [4.78, 5) is 47.7. The molecule has 2 amide bonds. The van der Waals surface area contributed by atoms with Crippen LogP contribution < -0.4 is 10.6 Å². The molecule has 3 fully saturated rings. The molecule has 1 atom stereocenters. The highest BCUT2D eigenvalue weighted by Crippen LogP contribution is 2.38. The number of rotatable bonds is 14. The van der Waals surface area contributed by atoms with Crippen LogP contribution in [-0.2, 0) is 28.5 Å². The Morgan fingerprint density at radius 1 is 0.721 bits per heavy atom. The van der Waals surface area contributed by atoms with E-state index in [1.807, 2.05) is 0 Å². The molecule has 0 heterocycles. The summed E-state index contributed by atoms with van der Waals surface area (Å²) in [6, 6.07) is 0.298. The summed E-state index contributed by atoms with van der Waals surface area (Å²) in [5.41, 5.74) is 0. The predicted molar refractivity (Wildman–Crippen MR) is 162 cm³/mol. The van der Waals surface area contributed by atoms with Gasteiger partial charge in [-0.25, -0.2) is 14.4 Å². The fraction of sp³-hybridized carbons (Fsp3) is 0.818. The van der Waals surface area contributed by atoms with Crippen molar-refractivity contribution in [1.82, 2.24) is 10.6 Å². The smallest absolute Gasteiger partial charge is 0.407 e. The van der Waals surface area contributed by atoms with Crippen molar-refractivity contribution in [2.75, 3.05) is 19.8 Å². The SMILES string of the molecule is C=CC(=O)OCCOC(=O)NC1CCC(CC2CCC(CC(=O)OCC(C)OC(=O)NC3CCC(CC)CC3)CC2)CC1. The summed E-state index contributed by atoms with van der Waals surface area (Å²) in [7, 11) is 0. The zero-order chi connectivity index (χ0) is 31.0. The number of alkyl carbamates (subject to hydrolysis) is 2. The second kappa shape index (κ2) is 18.8. The van der Waals surface area contributed by atoms with Gasteiger partial charge in [0, 0.05) is 24.6 Å². The first-order chi connectivity index (χ1) is 20.7. The minimum Gasteiger partial charge on any atom is -0.462 e. The van der Waals surface area contributed by atoms with Crippen molar-refractivity contribution in [2.24, 2.45) is 23.7 Å². The minimum atomic E-state index is -0.535. The number of carbonyl (C=O) groups excluding carboxylic acids is 4. The highest BCUT2D eigenvalue weighted by atomic mass is 16.6. The lowest BCUT2D eigenvalue weighted by Gasteiger charge is -2.34. The number of hydrogen-bond acceptors (Lipinski definition) is 8. The second-order valence-corrected chi connectivity index (χ2v) is 12.9. The van der Waals surface area contributed by atoms with Crippen LogP contribution in [0.25, 0.3) is 0 Å². The fourth-order valence-electron chi connectivity index (χ4n) is 6.87. The van der Waals surface area contributed by atoms with E-state index in [2.05, 4.69) is 24.1 Å². The van der Waals surface area contributed by atoms with E-state index in [0.29, 0.717) is 24.2 Å². The Labute approximate surface area is 257 Å². The van der Waals surface area contributed by atoms with Gasteiger partial charge in [-0.15, -0.1) is 0 Å². The van der Waals surface area contributed by atoms with Crippen LogP contribution in [-0.4, -0.2) is 62.1 Å². The Bertz CT molecular complexity index is 887. The van der Waals surface area contributed by atoms with Gasteiger partial charge < -0.3 is 29.6 Å². The van der Waals surface area contributed by atoms with Crippen molar-refractivity contribution in [2.45, 2.75) is 128 Å². The lowest BCUT2D eigenvalue weighted by atomic mass is 9.74. The summed E-state index contributed by atoms with van der Waals surface area (Å²) >= 11 is 0. The maximum absolute atomic E-state index is 12.5. The summed E-state index contributed by atoms with van der Waals surface area (Å²) < 4.78 is 20.7. The van der Waals surface area contributed by atoms with Crippen LogP contribution in [0.5, 0.6) is 0 Å². The van der Waals surface area contributed by atoms with Crippen molar-refractivity contribution in [1.29, 1.82) is 0 Å². The molecule has 0 radical (unpaired) electrons. The Balaban J connectivity index is 1.20. The lowest BCUT2D eigenvalue weighted by Crippen LogP contribution is -2.39. The van der Waals surface area contributed by atoms with Crippen molar-refractivity contribution in [3.05, 3.63) is 12.7 Å². The van der Waals surface area contributed by atoms with Gasteiger partial charge in [-0.2, -0.15) is 0 Å². The van der Waals surface area contributed by atoms with Crippen LogP contribution in [0.15, 0.2) is 12.7 Å². The van der Waals surface area contributed by atoms with E-state index in [0.717, 1.165) is 89.0 Å². The summed E-state index contributed by atoms with van der Waals surface area (Å²) in [5.74, 6) is 1.74. The first kappa shape index (κ1) is 34.7. The van der Waals surface area contributed by atoms with Crippen molar-refractivity contribution in [3.8, 4) is 0 Å². The van der Waals surface area contributed by atoms with Crippen LogP contribution in [0.3, 0.4) is 0 Å². The van der Waals surface area contributed by atoms with Gasteiger partial charge in [0.1, 0.15) is 25.9 Å². The van der Waals surface area contributed by atoms with Crippen LogP contribution >= 0.6 is 0 Å². The number of esters is 2. The van der Waals surface area contributed by atoms with Gasteiger partial charge in [0.05, 0.1) is 0 Å². The highest BCUT2D eigenvalue weighted by molar-refractivity contribution is 5.81. The number of ether oxygens (including phenoxy) is 4. The van der Waals surface area contributed by atoms with E-state index in [1.165, 1.54) is 12.8 Å². The van der Waals surface area contributed by atoms with E-state index < -0.39 is 24.3 Å². The molecule has 0 aliphatic heterocycles. The van der Waals surface area contributed by atoms with E-state index in [1.54, 1.807) is 6.92 Å². The molecule has 43 heavy (non-hydrogen) atoms. The molecule has 0 bridgehead atoms. The zero-order valence-electron chi connectivity index (χ0n) is 26.3. The average Bonchev–Trinajstić information content (AvgIpc) is 3.00. The van der Waals surface area contributed by atoms with Gasteiger partial charge in [0.2, 0.25) is 0 Å². The van der Waals surface area contributed by atoms with Crippen LogP contribution in [0.4, 0.5) is 9.59 Å². The Morgan fingerprint density at radius 3 is 1.81 bits per heavy atom. The fourth-order valence-corrected chi connectivity index (χ4v) is 6.87. The molecule has 3 rings (SSSR count). The van der Waals surface area contributed by atoms with Gasteiger partial charge in [0.15, 0.2) is 0 Å². The average molecular weight is 607 g/mol. The van der Waals surface area contributed by atoms with Gasteiger partial charge in [-0.3, -0.25) is 4.79 Å². The molecule has 1 unspecified atom stereocenters. The summed E-state index contributed by atoms with van der Waals surface area (Å²) in [5, 5.41) is 5.89. The molecule has 0 spiro atoms. The molecule has 3 aliphatic carbocycles. The number of nitrogens with one attached hydrogen (secondary N) is 2. The normalized spacial score (nSPS) is 28.0. The third kappa shape index (κ3) is 13.6. The quantitative estimate of drug-likeness (QED) is 0.103. The van der Waals surface area contributed by atoms with Gasteiger partial charge >= 0.3 is 24.1 Å². The molecule has 244 valence electrons. The maximum Gasteiger partial charge on any atom is 0.407 e. The first-order valence-electron chi connectivity index (χ1n) is 16.6.